The highest BCUT2D eigenvalue weighted by Gasteiger charge is 2.04. The standard InChI is InChI=1S/C16H25BrN4O.HI/c1-3-5-9-20-16(18-4-2)21-11-10-19-15(22)13-7-6-8-14(17)12-13;/h6-8,12H,3-5,9-11H2,1-2H3,(H,19,22)(H2,18,20,21);1H. The van der Waals surface area contributed by atoms with Gasteiger partial charge in [-0.25, -0.2) is 0 Å². The quantitative estimate of drug-likeness (QED) is 0.224. The molecule has 1 amide bonds. The van der Waals surface area contributed by atoms with Gasteiger partial charge in [-0.1, -0.05) is 35.3 Å². The zero-order chi connectivity index (χ0) is 16.2. The maximum Gasteiger partial charge on any atom is 0.251 e. The number of unbranched alkanes of at least 4 members (excludes halogenated alkanes) is 1. The van der Waals surface area contributed by atoms with Gasteiger partial charge in [-0.2, -0.15) is 0 Å². The second-order valence-corrected chi connectivity index (χ2v) is 5.72. The van der Waals surface area contributed by atoms with Gasteiger partial charge in [0.25, 0.3) is 5.91 Å². The summed E-state index contributed by atoms with van der Waals surface area (Å²) in [5.41, 5.74) is 0.651. The summed E-state index contributed by atoms with van der Waals surface area (Å²) in [6, 6.07) is 7.34. The zero-order valence-electron chi connectivity index (χ0n) is 13.7. The first-order valence-corrected chi connectivity index (χ1v) is 8.52. The van der Waals surface area contributed by atoms with Crippen LogP contribution in [0.5, 0.6) is 0 Å². The maximum atomic E-state index is 12.0. The molecule has 0 aliphatic carbocycles. The predicted molar refractivity (Wildman–Crippen MR) is 111 cm³/mol. The highest BCUT2D eigenvalue weighted by Crippen LogP contribution is 2.11. The number of aliphatic imine (C=N–C) groups is 1. The number of hydrogen-bond donors (Lipinski definition) is 3. The molecule has 23 heavy (non-hydrogen) atoms. The van der Waals surface area contributed by atoms with E-state index >= 15 is 0 Å². The predicted octanol–water partition coefficient (Wildman–Crippen LogP) is 3.15. The van der Waals surface area contributed by atoms with E-state index < -0.39 is 0 Å². The van der Waals surface area contributed by atoms with Gasteiger partial charge in [-0.15, -0.1) is 24.0 Å². The number of nitrogens with zero attached hydrogens (tertiary/aromatic N) is 1. The normalized spacial score (nSPS) is 10.7. The van der Waals surface area contributed by atoms with Gasteiger partial charge in [0.15, 0.2) is 5.96 Å². The van der Waals surface area contributed by atoms with Crippen molar-refractivity contribution in [1.29, 1.82) is 0 Å². The van der Waals surface area contributed by atoms with Crippen LogP contribution in [-0.4, -0.2) is 38.0 Å². The number of nitrogens with one attached hydrogen (secondary N) is 3. The van der Waals surface area contributed by atoms with E-state index in [0.29, 0.717) is 18.7 Å². The number of halogens is 2. The molecule has 0 heterocycles. The van der Waals surface area contributed by atoms with Crippen LogP contribution in [-0.2, 0) is 0 Å². The average molecular weight is 497 g/mol. The molecule has 0 saturated heterocycles. The molecule has 0 aromatic heterocycles. The lowest BCUT2D eigenvalue weighted by molar-refractivity contribution is 0.0954. The minimum Gasteiger partial charge on any atom is -0.357 e. The summed E-state index contributed by atoms with van der Waals surface area (Å²) in [6.07, 6.45) is 2.21. The Labute approximate surface area is 164 Å². The highest BCUT2D eigenvalue weighted by molar-refractivity contribution is 14.0. The van der Waals surface area contributed by atoms with Crippen LogP contribution in [0.2, 0.25) is 0 Å². The third kappa shape index (κ3) is 9.80. The monoisotopic (exact) mass is 496 g/mol. The van der Waals surface area contributed by atoms with Crippen LogP contribution in [0.25, 0.3) is 0 Å². The molecule has 3 N–H and O–H groups in total. The van der Waals surface area contributed by atoms with Crippen molar-refractivity contribution in [2.24, 2.45) is 4.99 Å². The van der Waals surface area contributed by atoms with Crippen LogP contribution < -0.4 is 16.0 Å². The molecule has 7 heteroatoms. The minimum absolute atomic E-state index is 0. The van der Waals surface area contributed by atoms with E-state index in [1.165, 1.54) is 0 Å². The molecule has 1 aromatic rings. The van der Waals surface area contributed by atoms with Crippen LogP contribution >= 0.6 is 39.9 Å². The van der Waals surface area contributed by atoms with Crippen molar-refractivity contribution in [1.82, 2.24) is 16.0 Å². The van der Waals surface area contributed by atoms with Crippen molar-refractivity contribution in [2.75, 3.05) is 26.2 Å². The fourth-order valence-electron chi connectivity index (χ4n) is 1.78. The Balaban J connectivity index is 0.00000484. The van der Waals surface area contributed by atoms with E-state index in [-0.39, 0.29) is 29.9 Å². The van der Waals surface area contributed by atoms with Crippen LogP contribution in [0.1, 0.15) is 37.0 Å². The summed E-state index contributed by atoms with van der Waals surface area (Å²) in [4.78, 5) is 16.4. The summed E-state index contributed by atoms with van der Waals surface area (Å²) in [7, 11) is 0. The van der Waals surface area contributed by atoms with Crippen molar-refractivity contribution in [3.8, 4) is 0 Å². The Bertz CT molecular complexity index is 497. The summed E-state index contributed by atoms with van der Waals surface area (Å²) >= 11 is 3.36. The second-order valence-electron chi connectivity index (χ2n) is 4.81. The molecular weight excluding hydrogens is 471 g/mol. The third-order valence-electron chi connectivity index (χ3n) is 2.92. The topological polar surface area (TPSA) is 65.5 Å². The molecule has 0 aliphatic rings. The van der Waals surface area contributed by atoms with Gasteiger partial charge < -0.3 is 16.0 Å². The largest absolute Gasteiger partial charge is 0.357 e. The molecule has 1 rings (SSSR count). The Morgan fingerprint density at radius 3 is 2.57 bits per heavy atom. The van der Waals surface area contributed by atoms with E-state index in [1.54, 1.807) is 12.1 Å². The first-order chi connectivity index (χ1) is 10.7. The molecule has 0 radical (unpaired) electrons. The van der Waals surface area contributed by atoms with E-state index in [1.807, 2.05) is 19.1 Å². The molecule has 0 saturated carbocycles. The number of carbonyl (C=O) groups excluding carboxylic acids is 1. The molecule has 0 unspecified atom stereocenters. The van der Waals surface area contributed by atoms with Gasteiger partial charge in [-0.05, 0) is 31.5 Å². The molecule has 0 aliphatic heterocycles. The third-order valence-corrected chi connectivity index (χ3v) is 3.41. The minimum atomic E-state index is -0.0731. The SMILES string of the molecule is CCCCN=C(NCC)NCCNC(=O)c1cccc(Br)c1.I. The molecule has 0 fully saturated rings. The van der Waals surface area contributed by atoms with Gasteiger partial charge in [0.2, 0.25) is 0 Å². The van der Waals surface area contributed by atoms with Crippen molar-refractivity contribution in [3.63, 3.8) is 0 Å². The Morgan fingerprint density at radius 1 is 1.17 bits per heavy atom. The number of hydrogen-bond acceptors (Lipinski definition) is 2. The molecule has 0 atom stereocenters. The van der Waals surface area contributed by atoms with Crippen LogP contribution in [0, 0.1) is 0 Å². The van der Waals surface area contributed by atoms with Gasteiger partial charge in [0.1, 0.15) is 0 Å². The average Bonchev–Trinajstić information content (AvgIpc) is 2.51. The maximum absolute atomic E-state index is 12.0. The number of carbonyl (C=O) groups is 1. The smallest absolute Gasteiger partial charge is 0.251 e. The lowest BCUT2D eigenvalue weighted by atomic mass is 10.2. The fraction of sp³-hybridized carbons (Fsp3) is 0.500. The Morgan fingerprint density at radius 2 is 1.91 bits per heavy atom. The van der Waals surface area contributed by atoms with Crippen molar-refractivity contribution in [3.05, 3.63) is 34.3 Å². The van der Waals surface area contributed by atoms with Crippen LogP contribution in [0.15, 0.2) is 33.7 Å². The molecule has 0 spiro atoms. The van der Waals surface area contributed by atoms with Crippen LogP contribution in [0.4, 0.5) is 0 Å². The molecule has 0 bridgehead atoms. The van der Waals surface area contributed by atoms with E-state index in [4.69, 9.17) is 0 Å². The second kappa shape index (κ2) is 13.6. The van der Waals surface area contributed by atoms with E-state index in [9.17, 15) is 4.79 Å². The highest BCUT2D eigenvalue weighted by atomic mass is 127. The van der Waals surface area contributed by atoms with Gasteiger partial charge in [-0.3, -0.25) is 9.79 Å². The lowest BCUT2D eigenvalue weighted by Gasteiger charge is -2.12. The Hall–Kier alpha value is -0.830. The number of benzene rings is 1. The first-order valence-electron chi connectivity index (χ1n) is 7.73. The molecular formula is C16H26BrIN4O. The van der Waals surface area contributed by atoms with Crippen molar-refractivity contribution < 1.29 is 4.79 Å². The van der Waals surface area contributed by atoms with Gasteiger partial charge >= 0.3 is 0 Å². The van der Waals surface area contributed by atoms with Crippen molar-refractivity contribution in [2.45, 2.75) is 26.7 Å². The van der Waals surface area contributed by atoms with Crippen molar-refractivity contribution >= 4 is 51.8 Å². The van der Waals surface area contributed by atoms with Gasteiger partial charge in [0, 0.05) is 36.2 Å². The summed E-state index contributed by atoms with van der Waals surface area (Å²) < 4.78 is 0.899. The fourth-order valence-corrected chi connectivity index (χ4v) is 2.18. The molecule has 130 valence electrons. The summed E-state index contributed by atoms with van der Waals surface area (Å²) in [5.74, 6) is 0.726. The lowest BCUT2D eigenvalue weighted by Crippen LogP contribution is -2.41. The Kier molecular flexibility index (Phi) is 13.1. The molecule has 5 nitrogen and oxygen atoms in total. The number of amides is 1. The number of rotatable bonds is 8. The first kappa shape index (κ1) is 22.2. The van der Waals surface area contributed by atoms with Crippen LogP contribution in [0.3, 0.4) is 0 Å². The van der Waals surface area contributed by atoms with E-state index in [0.717, 1.165) is 36.4 Å². The summed E-state index contributed by atoms with van der Waals surface area (Å²) in [5, 5.41) is 9.29. The summed E-state index contributed by atoms with van der Waals surface area (Å²) in [6.45, 7) is 7.00. The number of guanidine groups is 1. The van der Waals surface area contributed by atoms with E-state index in [2.05, 4.69) is 43.8 Å². The zero-order valence-corrected chi connectivity index (χ0v) is 17.6. The van der Waals surface area contributed by atoms with Gasteiger partial charge in [0.05, 0.1) is 0 Å². The molecule has 1 aromatic carbocycles.